The summed E-state index contributed by atoms with van der Waals surface area (Å²) in [7, 11) is 1.55. The Hall–Kier alpha value is -4.38. The Balaban J connectivity index is 1.57. The van der Waals surface area contributed by atoms with Crippen molar-refractivity contribution in [2.24, 2.45) is 5.10 Å². The van der Waals surface area contributed by atoms with Crippen molar-refractivity contribution in [3.05, 3.63) is 69.6 Å². The van der Waals surface area contributed by atoms with Gasteiger partial charge in [0.1, 0.15) is 10.8 Å². The van der Waals surface area contributed by atoms with Crippen molar-refractivity contribution in [2.75, 3.05) is 25.6 Å². The number of methoxy groups -OCH3 is 1. The van der Waals surface area contributed by atoms with Crippen LogP contribution in [0, 0.1) is 13.8 Å². The number of anilines is 1. The molecule has 10 nitrogen and oxygen atoms in total. The molecule has 0 saturated heterocycles. The normalized spacial score (nSPS) is 11.6. The highest BCUT2D eigenvalue weighted by atomic mass is 32.1. The number of aryl methyl sites for hydroxylation is 1. The van der Waals surface area contributed by atoms with Crippen molar-refractivity contribution in [1.29, 1.82) is 0 Å². The molecule has 1 atom stereocenters. The van der Waals surface area contributed by atoms with Crippen LogP contribution in [0.15, 0.2) is 47.6 Å². The van der Waals surface area contributed by atoms with E-state index in [1.165, 1.54) is 17.6 Å². The summed E-state index contributed by atoms with van der Waals surface area (Å²) in [5.74, 6) is 0.268. The Kier molecular flexibility index (Phi) is 10.7. The van der Waals surface area contributed by atoms with Crippen LogP contribution in [0.3, 0.4) is 0 Å². The molecule has 0 aliphatic heterocycles. The fourth-order valence-corrected chi connectivity index (χ4v) is 4.63. The second-order valence-electron chi connectivity index (χ2n) is 8.52. The van der Waals surface area contributed by atoms with Gasteiger partial charge in [0.15, 0.2) is 17.6 Å². The molecule has 3 aromatic rings. The highest BCUT2D eigenvalue weighted by molar-refractivity contribution is 7.16. The zero-order valence-corrected chi connectivity index (χ0v) is 24.1. The van der Waals surface area contributed by atoms with Crippen molar-refractivity contribution in [3.8, 4) is 17.2 Å². The largest absolute Gasteiger partial charge is 0.493 e. The SMILES string of the molecule is CCOC(=O)c1c(NC(=O)c2ccc(O[C@@H](C)C(=O)N/N=C\c3ccc(OCC)c(OC)c3)cc2)sc(C)c1C. The van der Waals surface area contributed by atoms with Gasteiger partial charge < -0.3 is 24.3 Å². The number of carbonyl (C=O) groups is 3. The highest BCUT2D eigenvalue weighted by Gasteiger charge is 2.22. The molecule has 2 aromatic carbocycles. The number of rotatable bonds is 12. The lowest BCUT2D eigenvalue weighted by Gasteiger charge is -2.13. The second-order valence-corrected chi connectivity index (χ2v) is 9.75. The van der Waals surface area contributed by atoms with Gasteiger partial charge in [0, 0.05) is 10.4 Å². The average molecular weight is 568 g/mol. The van der Waals surface area contributed by atoms with Crippen molar-refractivity contribution in [1.82, 2.24) is 5.43 Å². The Morgan fingerprint density at radius 1 is 1.02 bits per heavy atom. The van der Waals surface area contributed by atoms with Crippen LogP contribution >= 0.6 is 11.3 Å². The number of nitrogens with zero attached hydrogens (tertiary/aromatic N) is 1. The van der Waals surface area contributed by atoms with Crippen LogP contribution in [-0.2, 0) is 9.53 Å². The molecule has 0 radical (unpaired) electrons. The first-order valence-electron chi connectivity index (χ1n) is 12.7. The third-order valence-electron chi connectivity index (χ3n) is 5.77. The van der Waals surface area contributed by atoms with E-state index in [9.17, 15) is 14.4 Å². The van der Waals surface area contributed by atoms with Gasteiger partial charge in [-0.2, -0.15) is 5.10 Å². The Morgan fingerprint density at radius 3 is 2.40 bits per heavy atom. The summed E-state index contributed by atoms with van der Waals surface area (Å²) in [5, 5.41) is 7.23. The van der Waals surface area contributed by atoms with Crippen LogP contribution in [0.1, 0.15) is 57.5 Å². The predicted molar refractivity (Wildman–Crippen MR) is 154 cm³/mol. The molecular weight excluding hydrogens is 534 g/mol. The third kappa shape index (κ3) is 7.60. The van der Waals surface area contributed by atoms with Crippen molar-refractivity contribution < 1.29 is 33.3 Å². The topological polar surface area (TPSA) is 125 Å². The maximum atomic E-state index is 12.8. The van der Waals surface area contributed by atoms with Crippen molar-refractivity contribution in [3.63, 3.8) is 0 Å². The Morgan fingerprint density at radius 2 is 1.75 bits per heavy atom. The molecule has 0 aliphatic rings. The van der Waals surface area contributed by atoms with Gasteiger partial charge in [-0.15, -0.1) is 11.3 Å². The van der Waals surface area contributed by atoms with Gasteiger partial charge in [-0.1, -0.05) is 0 Å². The van der Waals surface area contributed by atoms with E-state index in [4.69, 9.17) is 18.9 Å². The fraction of sp³-hybridized carbons (Fsp3) is 0.310. The van der Waals surface area contributed by atoms with Crippen LogP contribution < -0.4 is 25.0 Å². The molecule has 0 fully saturated rings. The smallest absolute Gasteiger partial charge is 0.341 e. The average Bonchev–Trinajstić information content (AvgIpc) is 3.22. The van der Waals surface area contributed by atoms with E-state index in [0.29, 0.717) is 45.5 Å². The molecule has 0 aliphatic carbocycles. The molecule has 0 bridgehead atoms. The minimum absolute atomic E-state index is 0.239. The molecule has 11 heteroatoms. The summed E-state index contributed by atoms with van der Waals surface area (Å²) < 4.78 is 21.6. The highest BCUT2D eigenvalue weighted by Crippen LogP contribution is 2.33. The van der Waals surface area contributed by atoms with Gasteiger partial charge in [0.2, 0.25) is 0 Å². The summed E-state index contributed by atoms with van der Waals surface area (Å²) in [5.41, 5.74) is 4.66. The van der Waals surface area contributed by atoms with Crippen LogP contribution in [0.5, 0.6) is 17.2 Å². The van der Waals surface area contributed by atoms with Gasteiger partial charge in [-0.05, 0) is 88.2 Å². The molecule has 2 amide bonds. The van der Waals surface area contributed by atoms with Crippen molar-refractivity contribution >= 4 is 40.3 Å². The molecule has 0 unspecified atom stereocenters. The van der Waals surface area contributed by atoms with Crippen LogP contribution in [0.4, 0.5) is 5.00 Å². The standard InChI is InChI=1S/C29H33N3O7S/c1-7-37-23-14-9-20(15-24(23)36-6)16-30-32-26(33)18(4)39-22-12-10-21(11-13-22)27(34)31-28-25(29(35)38-8-2)17(3)19(5)40-28/h9-16,18H,7-8H2,1-6H3,(H,31,34)(H,32,33)/b30-16-/t18-/m0/s1. The third-order valence-corrected chi connectivity index (χ3v) is 6.89. The van der Waals surface area contributed by atoms with Gasteiger partial charge in [-0.25, -0.2) is 10.2 Å². The first-order valence-corrected chi connectivity index (χ1v) is 13.5. The summed E-state index contributed by atoms with van der Waals surface area (Å²) in [6.07, 6.45) is 0.635. The Labute approximate surface area is 237 Å². The van der Waals surface area contributed by atoms with E-state index in [2.05, 4.69) is 15.8 Å². The molecule has 1 aromatic heterocycles. The zero-order chi connectivity index (χ0) is 29.2. The molecule has 3 rings (SSSR count). The number of hydrogen-bond acceptors (Lipinski definition) is 9. The van der Waals surface area contributed by atoms with E-state index in [1.807, 2.05) is 20.8 Å². The molecule has 212 valence electrons. The number of hydrogen-bond donors (Lipinski definition) is 2. The van der Waals surface area contributed by atoms with Gasteiger partial charge in [0.05, 0.1) is 32.1 Å². The zero-order valence-electron chi connectivity index (χ0n) is 23.3. The first kappa shape index (κ1) is 30.2. The Bertz CT molecular complexity index is 1380. The fourth-order valence-electron chi connectivity index (χ4n) is 3.58. The molecule has 0 saturated carbocycles. The number of hydrazone groups is 1. The van der Waals surface area contributed by atoms with Crippen molar-refractivity contribution in [2.45, 2.75) is 40.7 Å². The number of nitrogens with one attached hydrogen (secondary N) is 2. The quantitative estimate of drug-likeness (QED) is 0.177. The lowest BCUT2D eigenvalue weighted by atomic mass is 10.1. The van der Waals surface area contributed by atoms with E-state index < -0.39 is 18.0 Å². The van der Waals surface area contributed by atoms with E-state index in [1.54, 1.807) is 63.4 Å². The minimum Gasteiger partial charge on any atom is -0.493 e. The number of amides is 2. The van der Waals surface area contributed by atoms with Gasteiger partial charge in [0.25, 0.3) is 11.8 Å². The van der Waals surface area contributed by atoms with Gasteiger partial charge >= 0.3 is 5.97 Å². The maximum Gasteiger partial charge on any atom is 0.341 e. The first-order chi connectivity index (χ1) is 19.2. The summed E-state index contributed by atoms with van der Waals surface area (Å²) in [6.45, 7) is 9.65. The lowest BCUT2D eigenvalue weighted by Crippen LogP contribution is -2.33. The second kappa shape index (κ2) is 14.1. The summed E-state index contributed by atoms with van der Waals surface area (Å²) in [6, 6.07) is 11.6. The summed E-state index contributed by atoms with van der Waals surface area (Å²) in [4.78, 5) is 38.6. The monoisotopic (exact) mass is 567 g/mol. The number of ether oxygens (including phenoxy) is 4. The van der Waals surface area contributed by atoms with Crippen LogP contribution in [0.25, 0.3) is 0 Å². The van der Waals surface area contributed by atoms with E-state index >= 15 is 0 Å². The minimum atomic E-state index is -0.851. The van der Waals surface area contributed by atoms with Crippen LogP contribution in [-0.4, -0.2) is 50.4 Å². The lowest BCUT2D eigenvalue weighted by molar-refractivity contribution is -0.127. The summed E-state index contributed by atoms with van der Waals surface area (Å²) >= 11 is 1.32. The number of benzene rings is 2. The molecule has 1 heterocycles. The van der Waals surface area contributed by atoms with E-state index in [-0.39, 0.29) is 12.5 Å². The van der Waals surface area contributed by atoms with E-state index in [0.717, 1.165) is 10.4 Å². The predicted octanol–water partition coefficient (Wildman–Crippen LogP) is 5.12. The molecule has 2 N–H and O–H groups in total. The molecule has 0 spiro atoms. The number of carbonyl (C=O) groups excluding carboxylic acids is 3. The number of esters is 1. The molecule has 40 heavy (non-hydrogen) atoms. The number of thiophene rings is 1. The maximum absolute atomic E-state index is 12.8. The van der Waals surface area contributed by atoms with Crippen LogP contribution in [0.2, 0.25) is 0 Å². The van der Waals surface area contributed by atoms with Gasteiger partial charge in [-0.3, -0.25) is 9.59 Å². The molecular formula is C29H33N3O7S.